The Bertz CT molecular complexity index is 1550. The fourth-order valence-electron chi connectivity index (χ4n) is 5.80. The van der Waals surface area contributed by atoms with Gasteiger partial charge in [0.1, 0.15) is 11.5 Å². The van der Waals surface area contributed by atoms with Gasteiger partial charge in [0.25, 0.3) is 11.7 Å². The van der Waals surface area contributed by atoms with E-state index in [1.165, 1.54) is 5.56 Å². The minimum absolute atomic E-state index is 0.386. The number of hydrogen-bond donors (Lipinski definition) is 1. The van der Waals surface area contributed by atoms with Crippen molar-refractivity contribution >= 4 is 28.9 Å². The van der Waals surface area contributed by atoms with Crippen LogP contribution in [0.5, 0.6) is 0 Å². The van der Waals surface area contributed by atoms with Crippen molar-refractivity contribution in [3.8, 4) is 11.1 Å². The number of amides is 1. The predicted molar refractivity (Wildman–Crippen MR) is 170 cm³/mol. The van der Waals surface area contributed by atoms with Gasteiger partial charge in [-0.25, -0.2) is 4.98 Å². The Morgan fingerprint density at radius 1 is 0.860 bits per heavy atom. The number of carbonyl (C=O) groups excluding carboxylic acids is 2. The summed E-state index contributed by atoms with van der Waals surface area (Å²) in [4.78, 5) is 38.1. The maximum Gasteiger partial charge on any atom is 0.298 e. The molecule has 2 aromatic heterocycles. The number of benzene rings is 2. The molecular formula is C34H38N6O3. The van der Waals surface area contributed by atoms with Crippen LogP contribution in [-0.2, 0) is 23.1 Å². The van der Waals surface area contributed by atoms with Crippen LogP contribution in [0.15, 0.2) is 79.0 Å². The van der Waals surface area contributed by atoms with Gasteiger partial charge in [0, 0.05) is 81.7 Å². The molecule has 2 aromatic carbocycles. The number of aryl methyl sites for hydroxylation is 1. The third-order valence-corrected chi connectivity index (χ3v) is 8.39. The van der Waals surface area contributed by atoms with Gasteiger partial charge in [-0.05, 0) is 54.4 Å². The molecule has 0 saturated carbocycles. The van der Waals surface area contributed by atoms with Crippen LogP contribution in [0.2, 0.25) is 0 Å². The van der Waals surface area contributed by atoms with Crippen LogP contribution in [0, 0.1) is 6.92 Å². The monoisotopic (exact) mass is 578 g/mol. The van der Waals surface area contributed by atoms with E-state index in [1.54, 1.807) is 4.57 Å². The van der Waals surface area contributed by atoms with Gasteiger partial charge >= 0.3 is 0 Å². The average molecular weight is 579 g/mol. The summed E-state index contributed by atoms with van der Waals surface area (Å²) in [7, 11) is 1.81. The summed E-state index contributed by atoms with van der Waals surface area (Å²) in [6.07, 6.45) is 2.00. The third kappa shape index (κ3) is 6.48. The zero-order valence-corrected chi connectivity index (χ0v) is 24.8. The minimum atomic E-state index is -0.650. The number of nitrogens with zero attached hydrogens (tertiary/aromatic N) is 5. The van der Waals surface area contributed by atoms with Gasteiger partial charge in [-0.15, -0.1) is 0 Å². The molecule has 4 aromatic rings. The Morgan fingerprint density at radius 2 is 1.56 bits per heavy atom. The molecule has 1 N–H and O–H groups in total. The number of hydrogen-bond acceptors (Lipinski definition) is 7. The number of pyridine rings is 1. The Kier molecular flexibility index (Phi) is 8.53. The first-order valence-corrected chi connectivity index (χ1v) is 14.9. The number of ether oxygens (including phenoxy) is 1. The number of Topliss-reactive ketones (excluding diaryl/α,β-unsaturated/α-hetero) is 1. The molecule has 9 heteroatoms. The van der Waals surface area contributed by atoms with Crippen LogP contribution in [0.25, 0.3) is 11.1 Å². The van der Waals surface area contributed by atoms with Gasteiger partial charge < -0.3 is 24.4 Å². The Hall–Kier alpha value is -4.47. The quantitative estimate of drug-likeness (QED) is 0.246. The molecule has 0 atom stereocenters. The minimum Gasteiger partial charge on any atom is -0.379 e. The average Bonchev–Trinajstić information content (AvgIpc) is 3.36. The van der Waals surface area contributed by atoms with E-state index in [-0.39, 0.29) is 0 Å². The second kappa shape index (κ2) is 12.8. The zero-order chi connectivity index (χ0) is 29.8. The summed E-state index contributed by atoms with van der Waals surface area (Å²) in [6, 6.07) is 23.6. The topological polar surface area (TPSA) is 82.9 Å². The highest BCUT2D eigenvalue weighted by atomic mass is 16.5. The van der Waals surface area contributed by atoms with E-state index in [2.05, 4.69) is 32.1 Å². The van der Waals surface area contributed by atoms with Gasteiger partial charge in [-0.2, -0.15) is 0 Å². The molecule has 1 amide bonds. The lowest BCUT2D eigenvalue weighted by Crippen LogP contribution is -2.46. The second-order valence-electron chi connectivity index (χ2n) is 11.2. The molecule has 43 heavy (non-hydrogen) atoms. The Morgan fingerprint density at radius 3 is 2.23 bits per heavy atom. The maximum absolute atomic E-state index is 13.3. The van der Waals surface area contributed by atoms with Crippen LogP contribution in [0.4, 0.5) is 17.2 Å². The van der Waals surface area contributed by atoms with E-state index >= 15 is 0 Å². The number of aromatic nitrogens is 2. The first-order chi connectivity index (χ1) is 21.0. The lowest BCUT2D eigenvalue weighted by atomic mass is 10.0. The molecule has 2 aliphatic heterocycles. The molecule has 0 unspecified atom stereocenters. The summed E-state index contributed by atoms with van der Waals surface area (Å²) >= 11 is 0. The number of ketones is 1. The van der Waals surface area contributed by atoms with Gasteiger partial charge in [-0.1, -0.05) is 36.4 Å². The van der Waals surface area contributed by atoms with E-state index in [0.717, 1.165) is 87.4 Å². The molecule has 2 saturated heterocycles. The third-order valence-electron chi connectivity index (χ3n) is 8.39. The van der Waals surface area contributed by atoms with Crippen molar-refractivity contribution < 1.29 is 14.3 Å². The number of anilines is 3. The number of rotatable bonds is 8. The molecular weight excluding hydrogens is 540 g/mol. The highest BCUT2D eigenvalue weighted by Crippen LogP contribution is 2.28. The van der Waals surface area contributed by atoms with Crippen molar-refractivity contribution in [2.75, 3.05) is 67.6 Å². The molecule has 2 aliphatic rings. The molecule has 9 nitrogen and oxygen atoms in total. The van der Waals surface area contributed by atoms with E-state index in [9.17, 15) is 9.59 Å². The maximum atomic E-state index is 13.3. The highest BCUT2D eigenvalue weighted by molar-refractivity contribution is 6.47. The fraction of sp³-hybridized carbons (Fsp3) is 0.324. The summed E-state index contributed by atoms with van der Waals surface area (Å²) in [5, 5.41) is 2.80. The van der Waals surface area contributed by atoms with Gasteiger partial charge in [0.05, 0.1) is 13.2 Å². The Labute approximate surface area is 252 Å². The molecule has 0 spiro atoms. The predicted octanol–water partition coefficient (Wildman–Crippen LogP) is 4.38. The molecule has 0 bridgehead atoms. The second-order valence-corrected chi connectivity index (χ2v) is 11.2. The highest BCUT2D eigenvalue weighted by Gasteiger charge is 2.25. The van der Waals surface area contributed by atoms with Crippen molar-refractivity contribution in [1.82, 2.24) is 14.5 Å². The molecule has 0 aliphatic carbocycles. The van der Waals surface area contributed by atoms with E-state index in [0.29, 0.717) is 11.4 Å². The number of nitrogens with one attached hydrogen (secondary N) is 1. The van der Waals surface area contributed by atoms with E-state index < -0.39 is 11.7 Å². The summed E-state index contributed by atoms with van der Waals surface area (Å²) in [5.41, 5.74) is 5.87. The van der Waals surface area contributed by atoms with Crippen LogP contribution in [0.3, 0.4) is 0 Å². The zero-order valence-electron chi connectivity index (χ0n) is 24.8. The summed E-state index contributed by atoms with van der Waals surface area (Å²) < 4.78 is 7.22. The number of morpholine rings is 1. The summed E-state index contributed by atoms with van der Waals surface area (Å²) in [5.74, 6) is -0.197. The van der Waals surface area contributed by atoms with Crippen molar-refractivity contribution in [1.29, 1.82) is 0 Å². The van der Waals surface area contributed by atoms with Crippen molar-refractivity contribution in [2.24, 2.45) is 7.05 Å². The Balaban J connectivity index is 1.03. The van der Waals surface area contributed by atoms with Gasteiger partial charge in [0.15, 0.2) is 0 Å². The normalized spacial score (nSPS) is 15.9. The van der Waals surface area contributed by atoms with Crippen LogP contribution in [-0.4, -0.2) is 78.6 Å². The van der Waals surface area contributed by atoms with Crippen LogP contribution >= 0.6 is 0 Å². The summed E-state index contributed by atoms with van der Waals surface area (Å²) in [6.45, 7) is 9.89. The van der Waals surface area contributed by atoms with Crippen molar-refractivity contribution in [2.45, 2.75) is 13.5 Å². The van der Waals surface area contributed by atoms with Gasteiger partial charge in [-0.3, -0.25) is 14.5 Å². The molecule has 222 valence electrons. The first-order valence-electron chi connectivity index (χ1n) is 14.9. The first kappa shape index (κ1) is 28.6. The lowest BCUT2D eigenvalue weighted by molar-refractivity contribution is -0.112. The smallest absolute Gasteiger partial charge is 0.298 e. The number of piperazine rings is 1. The van der Waals surface area contributed by atoms with Crippen LogP contribution in [0.1, 0.15) is 21.7 Å². The van der Waals surface area contributed by atoms with Crippen molar-refractivity contribution in [3.63, 3.8) is 0 Å². The standard InChI is InChI=1S/C34H38N6O3/c1-25-22-30(27-6-4-3-5-7-27)32(37(25)2)33(41)34(42)36-28-9-11-29(12-10-28)39-14-16-40(17-15-39)31-13-8-26(23-35-31)24-38-18-20-43-21-19-38/h3-13,22-23H,14-21,24H2,1-2H3,(H,36,42). The fourth-order valence-corrected chi connectivity index (χ4v) is 5.80. The van der Waals surface area contributed by atoms with E-state index in [4.69, 9.17) is 9.72 Å². The molecule has 6 rings (SSSR count). The van der Waals surface area contributed by atoms with Crippen molar-refractivity contribution in [3.05, 3.63) is 95.9 Å². The molecule has 4 heterocycles. The van der Waals surface area contributed by atoms with Crippen LogP contribution < -0.4 is 15.1 Å². The molecule has 0 radical (unpaired) electrons. The largest absolute Gasteiger partial charge is 0.379 e. The van der Waals surface area contributed by atoms with Gasteiger partial charge in [0.2, 0.25) is 0 Å². The number of carbonyl (C=O) groups is 2. The molecule has 2 fully saturated rings. The lowest BCUT2D eigenvalue weighted by Gasteiger charge is -2.37. The van der Waals surface area contributed by atoms with E-state index in [1.807, 2.05) is 80.8 Å². The SMILES string of the molecule is Cc1cc(-c2ccccc2)c(C(=O)C(=O)Nc2ccc(N3CCN(c4ccc(CN5CCOCC5)cn4)CC3)cc2)n1C.